The Hall–Kier alpha value is -1.10. The molecule has 2 heterocycles. The molecule has 2 rings (SSSR count). The highest BCUT2D eigenvalue weighted by atomic mass is 16.5. The molecule has 1 unspecified atom stereocenters. The fourth-order valence-corrected chi connectivity index (χ4v) is 2.10. The van der Waals surface area contributed by atoms with E-state index in [-0.39, 0.29) is 6.10 Å². The molecule has 0 saturated carbocycles. The molecule has 1 aliphatic heterocycles. The van der Waals surface area contributed by atoms with Crippen molar-refractivity contribution < 1.29 is 4.74 Å². The molecule has 0 aromatic carbocycles. The van der Waals surface area contributed by atoms with Gasteiger partial charge in [-0.25, -0.2) is 0 Å². The zero-order chi connectivity index (χ0) is 11.4. The van der Waals surface area contributed by atoms with E-state index in [1.54, 1.807) is 0 Å². The predicted molar refractivity (Wildman–Crippen MR) is 62.4 cm³/mol. The monoisotopic (exact) mass is 224 g/mol. The van der Waals surface area contributed by atoms with Gasteiger partial charge in [-0.15, -0.1) is 10.2 Å². The maximum absolute atomic E-state index is 5.75. The first-order valence-corrected chi connectivity index (χ1v) is 6.15. The molecule has 1 atom stereocenters. The third-order valence-electron chi connectivity index (χ3n) is 2.90. The van der Waals surface area contributed by atoms with E-state index in [4.69, 9.17) is 4.74 Å². The van der Waals surface area contributed by atoms with Gasteiger partial charge in [0, 0.05) is 19.7 Å². The molecular formula is C11H20N4O. The summed E-state index contributed by atoms with van der Waals surface area (Å²) in [5, 5.41) is 11.6. The Kier molecular flexibility index (Phi) is 3.77. The number of nitrogens with zero attached hydrogens (tertiary/aromatic N) is 3. The summed E-state index contributed by atoms with van der Waals surface area (Å²) in [7, 11) is 0. The molecule has 0 bridgehead atoms. The quantitative estimate of drug-likeness (QED) is 0.849. The van der Waals surface area contributed by atoms with E-state index in [9.17, 15) is 0 Å². The van der Waals surface area contributed by atoms with Gasteiger partial charge in [0.1, 0.15) is 6.10 Å². The summed E-state index contributed by atoms with van der Waals surface area (Å²) in [6.45, 7) is 6.76. The van der Waals surface area contributed by atoms with Crippen LogP contribution in [-0.4, -0.2) is 27.9 Å². The van der Waals surface area contributed by atoms with Crippen LogP contribution in [-0.2, 0) is 11.3 Å². The van der Waals surface area contributed by atoms with E-state index in [1.807, 2.05) is 0 Å². The minimum Gasteiger partial charge on any atom is -0.370 e. The molecule has 0 radical (unpaired) electrons. The van der Waals surface area contributed by atoms with Crippen molar-refractivity contribution in [3.05, 3.63) is 5.82 Å². The van der Waals surface area contributed by atoms with Crippen molar-refractivity contribution in [2.75, 3.05) is 18.5 Å². The van der Waals surface area contributed by atoms with E-state index < -0.39 is 0 Å². The number of nitrogens with one attached hydrogen (secondary N) is 1. The van der Waals surface area contributed by atoms with E-state index in [0.717, 1.165) is 44.3 Å². The summed E-state index contributed by atoms with van der Waals surface area (Å²) in [6, 6.07) is 0. The van der Waals surface area contributed by atoms with Crippen LogP contribution in [0.15, 0.2) is 0 Å². The molecule has 0 aliphatic carbocycles. The zero-order valence-electron chi connectivity index (χ0n) is 10.1. The fourth-order valence-electron chi connectivity index (χ4n) is 2.10. The molecule has 1 fully saturated rings. The summed E-state index contributed by atoms with van der Waals surface area (Å²) in [4.78, 5) is 0. The van der Waals surface area contributed by atoms with Gasteiger partial charge in [-0.05, 0) is 33.1 Å². The first-order chi connectivity index (χ1) is 7.86. The SMILES string of the molecule is CCNc1nnc(C2CCCCO2)n1CC. The molecular weight excluding hydrogens is 204 g/mol. The maximum atomic E-state index is 5.75. The Morgan fingerprint density at radius 2 is 2.25 bits per heavy atom. The van der Waals surface area contributed by atoms with Gasteiger partial charge in [-0.2, -0.15) is 0 Å². The first kappa shape index (κ1) is 11.4. The van der Waals surface area contributed by atoms with Crippen LogP contribution < -0.4 is 5.32 Å². The molecule has 90 valence electrons. The summed E-state index contributed by atoms with van der Waals surface area (Å²) in [6.07, 6.45) is 3.58. The molecule has 1 aromatic heterocycles. The number of ether oxygens (including phenoxy) is 1. The highest BCUT2D eigenvalue weighted by Crippen LogP contribution is 2.27. The highest BCUT2D eigenvalue weighted by molar-refractivity contribution is 5.26. The number of anilines is 1. The lowest BCUT2D eigenvalue weighted by molar-refractivity contribution is 0.00729. The van der Waals surface area contributed by atoms with Crippen LogP contribution in [0.2, 0.25) is 0 Å². The normalized spacial score (nSPS) is 21.0. The Bertz CT molecular complexity index is 331. The van der Waals surface area contributed by atoms with Gasteiger partial charge in [0.25, 0.3) is 0 Å². The lowest BCUT2D eigenvalue weighted by Gasteiger charge is -2.22. The Morgan fingerprint density at radius 3 is 2.88 bits per heavy atom. The summed E-state index contributed by atoms with van der Waals surface area (Å²) in [5.74, 6) is 1.83. The zero-order valence-corrected chi connectivity index (χ0v) is 10.1. The summed E-state index contributed by atoms with van der Waals surface area (Å²) in [5.41, 5.74) is 0. The van der Waals surface area contributed by atoms with Gasteiger partial charge in [0.05, 0.1) is 0 Å². The number of hydrogen-bond donors (Lipinski definition) is 1. The van der Waals surface area contributed by atoms with Crippen LogP contribution in [0.4, 0.5) is 5.95 Å². The van der Waals surface area contributed by atoms with Crippen LogP contribution in [0.3, 0.4) is 0 Å². The van der Waals surface area contributed by atoms with Gasteiger partial charge in [-0.1, -0.05) is 0 Å². The van der Waals surface area contributed by atoms with Crippen LogP contribution in [0, 0.1) is 0 Å². The first-order valence-electron chi connectivity index (χ1n) is 6.15. The summed E-state index contributed by atoms with van der Waals surface area (Å²) < 4.78 is 7.86. The maximum Gasteiger partial charge on any atom is 0.224 e. The van der Waals surface area contributed by atoms with Crippen LogP contribution in [0.5, 0.6) is 0 Å². The van der Waals surface area contributed by atoms with Crippen molar-refractivity contribution >= 4 is 5.95 Å². The number of rotatable bonds is 4. The van der Waals surface area contributed by atoms with Gasteiger partial charge < -0.3 is 10.1 Å². The third kappa shape index (κ3) is 2.19. The Morgan fingerprint density at radius 1 is 1.38 bits per heavy atom. The number of aromatic nitrogens is 3. The predicted octanol–water partition coefficient (Wildman–Crippen LogP) is 1.97. The largest absolute Gasteiger partial charge is 0.370 e. The molecule has 1 saturated heterocycles. The van der Waals surface area contributed by atoms with Gasteiger partial charge in [0.2, 0.25) is 5.95 Å². The van der Waals surface area contributed by atoms with Crippen molar-refractivity contribution in [2.24, 2.45) is 0 Å². The van der Waals surface area contributed by atoms with Crippen molar-refractivity contribution in [3.63, 3.8) is 0 Å². The molecule has 1 N–H and O–H groups in total. The second-order valence-electron chi connectivity index (χ2n) is 4.01. The fraction of sp³-hybridized carbons (Fsp3) is 0.818. The van der Waals surface area contributed by atoms with Crippen LogP contribution >= 0.6 is 0 Å². The Labute approximate surface area is 96.2 Å². The van der Waals surface area contributed by atoms with Gasteiger partial charge >= 0.3 is 0 Å². The third-order valence-corrected chi connectivity index (χ3v) is 2.90. The molecule has 1 aromatic rings. The smallest absolute Gasteiger partial charge is 0.224 e. The van der Waals surface area contributed by atoms with Crippen LogP contribution in [0.25, 0.3) is 0 Å². The molecule has 0 spiro atoms. The van der Waals surface area contributed by atoms with E-state index >= 15 is 0 Å². The van der Waals surface area contributed by atoms with E-state index in [2.05, 4.69) is 33.9 Å². The van der Waals surface area contributed by atoms with Crippen molar-refractivity contribution in [1.29, 1.82) is 0 Å². The molecule has 5 heteroatoms. The molecule has 16 heavy (non-hydrogen) atoms. The highest BCUT2D eigenvalue weighted by Gasteiger charge is 2.23. The van der Waals surface area contributed by atoms with E-state index in [0.29, 0.717) is 0 Å². The van der Waals surface area contributed by atoms with Gasteiger partial charge in [0.15, 0.2) is 5.82 Å². The average Bonchev–Trinajstić information content (AvgIpc) is 2.73. The molecule has 1 aliphatic rings. The Balaban J connectivity index is 2.18. The molecule has 0 amide bonds. The van der Waals surface area contributed by atoms with Crippen molar-refractivity contribution in [2.45, 2.75) is 45.8 Å². The van der Waals surface area contributed by atoms with E-state index in [1.165, 1.54) is 6.42 Å². The lowest BCUT2D eigenvalue weighted by Crippen LogP contribution is -2.17. The van der Waals surface area contributed by atoms with Crippen LogP contribution in [0.1, 0.15) is 45.0 Å². The van der Waals surface area contributed by atoms with Gasteiger partial charge in [-0.3, -0.25) is 4.57 Å². The van der Waals surface area contributed by atoms with Crippen molar-refractivity contribution in [3.8, 4) is 0 Å². The lowest BCUT2D eigenvalue weighted by atomic mass is 10.1. The molecule has 5 nitrogen and oxygen atoms in total. The minimum absolute atomic E-state index is 0.133. The topological polar surface area (TPSA) is 52.0 Å². The van der Waals surface area contributed by atoms with Crippen molar-refractivity contribution in [1.82, 2.24) is 14.8 Å². The number of hydrogen-bond acceptors (Lipinski definition) is 4. The average molecular weight is 224 g/mol. The minimum atomic E-state index is 0.133. The second kappa shape index (κ2) is 5.30. The standard InChI is InChI=1S/C11H20N4O/c1-3-12-11-14-13-10(15(11)4-2)9-7-5-6-8-16-9/h9H,3-8H2,1-2H3,(H,12,14). The summed E-state index contributed by atoms with van der Waals surface area (Å²) >= 11 is 0. The second-order valence-corrected chi connectivity index (χ2v) is 4.01.